The molecule has 2 aliphatic rings. The third-order valence-electron chi connectivity index (χ3n) is 7.47. The van der Waals surface area contributed by atoms with Crippen LogP contribution in [-0.2, 0) is 27.5 Å². The summed E-state index contributed by atoms with van der Waals surface area (Å²) in [6.07, 6.45) is -0.567. The molecule has 238 valence electrons. The average molecular weight is 639 g/mol. The van der Waals surface area contributed by atoms with Crippen LogP contribution in [0.15, 0.2) is 24.3 Å². The Bertz CT molecular complexity index is 1060. The molecule has 0 unspecified atom stereocenters. The van der Waals surface area contributed by atoms with Crippen molar-refractivity contribution in [3.63, 3.8) is 0 Å². The zero-order valence-corrected chi connectivity index (χ0v) is 30.8. The van der Waals surface area contributed by atoms with E-state index >= 15 is 0 Å². The maximum atomic E-state index is 13.2. The third kappa shape index (κ3) is 10.8. The zero-order chi connectivity index (χ0) is 31.6. The molecule has 8 nitrogen and oxygen atoms in total. The number of carbonyl (C=O) groups excluding carboxylic acids is 2. The van der Waals surface area contributed by atoms with Crippen LogP contribution in [0, 0.1) is 5.92 Å². The van der Waals surface area contributed by atoms with Crippen molar-refractivity contribution in [2.75, 3.05) is 7.11 Å². The summed E-state index contributed by atoms with van der Waals surface area (Å²) in [4.78, 5) is 26.1. The molecule has 3 rings (SSSR count). The summed E-state index contributed by atoms with van der Waals surface area (Å²) in [6.45, 7) is 23.8. The summed E-state index contributed by atoms with van der Waals surface area (Å²) in [5.41, 5.74) is 0.489. The third-order valence-corrected chi connectivity index (χ3v) is 10.5. The first-order valence-electron chi connectivity index (χ1n) is 15.3. The van der Waals surface area contributed by atoms with Gasteiger partial charge in [0, 0.05) is 30.4 Å². The number of benzene rings is 1. The minimum atomic E-state index is -2.03. The molecular formula is C31H54O8Si3. The number of hydrogen-bond acceptors (Lipinski definition) is 8. The van der Waals surface area contributed by atoms with Crippen LogP contribution in [0.3, 0.4) is 0 Å². The lowest BCUT2D eigenvalue weighted by molar-refractivity contribution is -0.122. The van der Waals surface area contributed by atoms with Gasteiger partial charge in [0.2, 0.25) is 0 Å². The lowest BCUT2D eigenvalue weighted by Gasteiger charge is -2.34. The van der Waals surface area contributed by atoms with Crippen LogP contribution in [0.1, 0.15) is 43.5 Å². The topological polar surface area (TPSA) is 92.8 Å². The first-order chi connectivity index (χ1) is 19.3. The second-order valence-corrected chi connectivity index (χ2v) is 28.2. The van der Waals surface area contributed by atoms with E-state index in [9.17, 15) is 9.59 Å². The first kappa shape index (κ1) is 35.3. The van der Waals surface area contributed by atoms with Crippen LogP contribution < -0.4 is 4.74 Å². The number of epoxide rings is 1. The first-order valence-corrected chi connectivity index (χ1v) is 25.5. The fourth-order valence-corrected chi connectivity index (χ4v) is 9.12. The maximum absolute atomic E-state index is 13.2. The molecule has 0 bridgehead atoms. The molecule has 1 aromatic carbocycles. The largest absolute Gasteiger partial charge is 0.497 e. The number of rotatable bonds is 16. The van der Waals surface area contributed by atoms with Crippen molar-refractivity contribution in [1.82, 2.24) is 0 Å². The van der Waals surface area contributed by atoms with E-state index < -0.39 is 31.1 Å². The van der Waals surface area contributed by atoms with Crippen molar-refractivity contribution < 1.29 is 37.1 Å². The molecule has 2 fully saturated rings. The Balaban J connectivity index is 1.74. The molecule has 8 atom stereocenters. The van der Waals surface area contributed by atoms with Gasteiger partial charge in [-0.2, -0.15) is 0 Å². The predicted octanol–water partition coefficient (Wildman–Crippen LogP) is 6.47. The van der Waals surface area contributed by atoms with Gasteiger partial charge >= 0.3 is 0 Å². The Morgan fingerprint density at radius 2 is 1.33 bits per heavy atom. The van der Waals surface area contributed by atoms with Crippen molar-refractivity contribution >= 4 is 36.5 Å². The lowest BCUT2D eigenvalue weighted by Crippen LogP contribution is -2.48. The highest BCUT2D eigenvalue weighted by molar-refractivity contribution is 6.70. The SMILES string of the molecule is COc1ccc(C(=O)CC(=O)C[C@@H]2O[C@@H](C[C@@H]3O[C@H]3[C@H](C)[C@H](C)O[Si](C)(C)C)[C@@H](O[Si](C)(C)C)[C@@H]2O[Si](C)(C)C)cc1. The average Bonchev–Trinajstić information content (AvgIpc) is 3.55. The smallest absolute Gasteiger partial charge is 0.184 e. The van der Waals surface area contributed by atoms with Crippen LogP contribution in [0.2, 0.25) is 58.9 Å². The highest BCUT2D eigenvalue weighted by Crippen LogP contribution is 2.41. The minimum Gasteiger partial charge on any atom is -0.497 e. The second kappa shape index (κ2) is 13.8. The van der Waals surface area contributed by atoms with E-state index in [0.717, 1.165) is 0 Å². The fourth-order valence-electron chi connectivity index (χ4n) is 5.58. The number of carbonyl (C=O) groups is 2. The number of ether oxygens (including phenoxy) is 3. The molecule has 1 aromatic rings. The minimum absolute atomic E-state index is 0.0454. The summed E-state index contributed by atoms with van der Waals surface area (Å²) < 4.78 is 37.8. The van der Waals surface area contributed by atoms with Gasteiger partial charge in [-0.25, -0.2) is 0 Å². The predicted molar refractivity (Wildman–Crippen MR) is 173 cm³/mol. The molecular weight excluding hydrogens is 585 g/mol. The van der Waals surface area contributed by atoms with Crippen molar-refractivity contribution in [3.8, 4) is 5.75 Å². The van der Waals surface area contributed by atoms with Crippen LogP contribution in [0.5, 0.6) is 5.75 Å². The number of hydrogen-bond donors (Lipinski definition) is 0. The zero-order valence-electron chi connectivity index (χ0n) is 27.8. The van der Waals surface area contributed by atoms with E-state index in [4.69, 9.17) is 27.5 Å². The van der Waals surface area contributed by atoms with Gasteiger partial charge < -0.3 is 27.5 Å². The van der Waals surface area contributed by atoms with E-state index in [0.29, 0.717) is 17.7 Å². The molecule has 0 radical (unpaired) electrons. The lowest BCUT2D eigenvalue weighted by atomic mass is 9.95. The molecule has 0 amide bonds. The maximum Gasteiger partial charge on any atom is 0.184 e. The van der Waals surface area contributed by atoms with Gasteiger partial charge in [-0.15, -0.1) is 0 Å². The number of ketones is 2. The number of Topliss-reactive ketones (excluding diaryl/α,β-unsaturated/α-hetero) is 2. The molecule has 2 heterocycles. The highest BCUT2D eigenvalue weighted by atomic mass is 28.4. The standard InChI is InChI=1S/C31H54O8Si3/c1-20(21(2)37-40(4,5)6)29-27(36-29)19-28-31(39-42(10,11)12)30(38-41(7,8)9)26(35-28)18-23(32)17-25(33)22-13-15-24(34-3)16-14-22/h13-16,20-21,26-31H,17-19H2,1-12H3/t20-,21+,26+,27+,28+,29+,30-,31-/m1/s1. The van der Waals surface area contributed by atoms with Gasteiger partial charge in [0.15, 0.2) is 30.7 Å². The Morgan fingerprint density at radius 3 is 1.83 bits per heavy atom. The molecule has 2 aliphatic heterocycles. The van der Waals surface area contributed by atoms with Crippen molar-refractivity contribution in [2.24, 2.45) is 5.92 Å². The molecule has 0 aromatic heterocycles. The molecule has 2 saturated heterocycles. The van der Waals surface area contributed by atoms with E-state index in [1.807, 2.05) is 0 Å². The number of methoxy groups -OCH3 is 1. The highest BCUT2D eigenvalue weighted by Gasteiger charge is 2.54. The normalized spacial score (nSPS) is 27.9. The Morgan fingerprint density at radius 1 is 0.786 bits per heavy atom. The fraction of sp³-hybridized carbons (Fsp3) is 0.742. The quantitative estimate of drug-likeness (QED) is 0.0881. The van der Waals surface area contributed by atoms with Crippen LogP contribution in [-0.4, -0.2) is 86.4 Å². The van der Waals surface area contributed by atoms with E-state index in [1.165, 1.54) is 0 Å². The van der Waals surface area contributed by atoms with Crippen LogP contribution >= 0.6 is 0 Å². The summed E-state index contributed by atoms with van der Waals surface area (Å²) in [6, 6.07) is 6.83. The van der Waals surface area contributed by atoms with Gasteiger partial charge in [-0.3, -0.25) is 9.59 Å². The molecule has 42 heavy (non-hydrogen) atoms. The van der Waals surface area contributed by atoms with Crippen LogP contribution in [0.25, 0.3) is 0 Å². The van der Waals surface area contributed by atoms with Gasteiger partial charge in [-0.1, -0.05) is 6.92 Å². The summed E-state index contributed by atoms with van der Waals surface area (Å²) in [5, 5.41) is 0. The Hall–Kier alpha value is -1.19. The van der Waals surface area contributed by atoms with Gasteiger partial charge in [0.1, 0.15) is 11.5 Å². The Kier molecular flexibility index (Phi) is 11.6. The van der Waals surface area contributed by atoms with E-state index in [2.05, 4.69) is 72.8 Å². The summed E-state index contributed by atoms with van der Waals surface area (Å²) in [5.74, 6) is 0.545. The molecule has 11 heteroatoms. The second-order valence-electron chi connectivity index (χ2n) is 14.8. The monoisotopic (exact) mass is 638 g/mol. The van der Waals surface area contributed by atoms with E-state index in [1.54, 1.807) is 31.4 Å². The van der Waals surface area contributed by atoms with Crippen molar-refractivity contribution in [1.29, 1.82) is 0 Å². The molecule has 0 spiro atoms. The Labute approximate surface area is 256 Å². The summed E-state index contributed by atoms with van der Waals surface area (Å²) >= 11 is 0. The van der Waals surface area contributed by atoms with Gasteiger partial charge in [0.25, 0.3) is 0 Å². The molecule has 0 saturated carbocycles. The van der Waals surface area contributed by atoms with Gasteiger partial charge in [-0.05, 0) is 90.1 Å². The molecule has 0 N–H and O–H groups in total. The van der Waals surface area contributed by atoms with Crippen molar-refractivity contribution in [3.05, 3.63) is 29.8 Å². The van der Waals surface area contributed by atoms with E-state index in [-0.39, 0.29) is 66.9 Å². The van der Waals surface area contributed by atoms with Crippen LogP contribution in [0.4, 0.5) is 0 Å². The summed E-state index contributed by atoms with van der Waals surface area (Å²) in [7, 11) is -4.11. The molecule has 0 aliphatic carbocycles. The van der Waals surface area contributed by atoms with Gasteiger partial charge in [0.05, 0.1) is 50.2 Å². The van der Waals surface area contributed by atoms with Crippen molar-refractivity contribution in [2.45, 2.75) is 135 Å².